The summed E-state index contributed by atoms with van der Waals surface area (Å²) >= 11 is 0. The third-order valence-corrected chi connectivity index (χ3v) is 3.38. The summed E-state index contributed by atoms with van der Waals surface area (Å²) in [6.45, 7) is 6.97. The minimum atomic E-state index is 0.119. The molecular weight excluding hydrogens is 242 g/mol. The number of anilines is 1. The van der Waals surface area contributed by atoms with Gasteiger partial charge in [0.2, 0.25) is 0 Å². The molecule has 19 heavy (non-hydrogen) atoms. The SMILES string of the molecule is CCC(CC)N(CCO)c1cc(C)nc2ncnn12. The summed E-state index contributed by atoms with van der Waals surface area (Å²) in [5, 5.41) is 13.6. The van der Waals surface area contributed by atoms with Gasteiger partial charge in [-0.1, -0.05) is 13.8 Å². The molecule has 2 aromatic heterocycles. The van der Waals surface area contributed by atoms with Gasteiger partial charge in [0.15, 0.2) is 0 Å². The van der Waals surface area contributed by atoms with Gasteiger partial charge in [-0.2, -0.15) is 14.6 Å². The molecule has 2 rings (SSSR count). The Labute approximate surface area is 113 Å². The van der Waals surface area contributed by atoms with E-state index < -0.39 is 0 Å². The van der Waals surface area contributed by atoms with Gasteiger partial charge in [-0.05, 0) is 19.8 Å². The number of hydrogen-bond donors (Lipinski definition) is 1. The van der Waals surface area contributed by atoms with Crippen LogP contribution in [0.4, 0.5) is 5.82 Å². The van der Waals surface area contributed by atoms with Gasteiger partial charge < -0.3 is 10.0 Å². The number of aliphatic hydroxyl groups excluding tert-OH is 1. The maximum Gasteiger partial charge on any atom is 0.254 e. The number of aliphatic hydroxyl groups is 1. The summed E-state index contributed by atoms with van der Waals surface area (Å²) in [6.07, 6.45) is 3.55. The highest BCUT2D eigenvalue weighted by molar-refractivity contribution is 5.48. The van der Waals surface area contributed by atoms with E-state index in [9.17, 15) is 5.11 Å². The maximum absolute atomic E-state index is 9.33. The van der Waals surface area contributed by atoms with Crippen LogP contribution in [0.3, 0.4) is 0 Å². The topological polar surface area (TPSA) is 66.5 Å². The summed E-state index contributed by atoms with van der Waals surface area (Å²) < 4.78 is 1.74. The molecule has 0 saturated heterocycles. The zero-order valence-electron chi connectivity index (χ0n) is 11.7. The van der Waals surface area contributed by atoms with Crippen molar-refractivity contribution in [2.24, 2.45) is 0 Å². The molecular formula is C13H21N5O. The average Bonchev–Trinajstić information content (AvgIpc) is 2.86. The van der Waals surface area contributed by atoms with Crippen LogP contribution in [0.15, 0.2) is 12.4 Å². The first-order valence-corrected chi connectivity index (χ1v) is 6.76. The molecule has 0 unspecified atom stereocenters. The monoisotopic (exact) mass is 263 g/mol. The Bertz CT molecular complexity index is 535. The van der Waals surface area contributed by atoms with Gasteiger partial charge in [0.25, 0.3) is 5.78 Å². The van der Waals surface area contributed by atoms with Crippen LogP contribution in [0.25, 0.3) is 5.78 Å². The van der Waals surface area contributed by atoms with E-state index in [2.05, 4.69) is 33.8 Å². The van der Waals surface area contributed by atoms with Crippen molar-refractivity contribution in [3.05, 3.63) is 18.1 Å². The number of hydrogen-bond acceptors (Lipinski definition) is 5. The quantitative estimate of drug-likeness (QED) is 0.853. The van der Waals surface area contributed by atoms with Crippen LogP contribution < -0.4 is 4.90 Å². The number of nitrogens with zero attached hydrogens (tertiary/aromatic N) is 5. The Balaban J connectivity index is 2.51. The fourth-order valence-corrected chi connectivity index (χ4v) is 2.44. The third kappa shape index (κ3) is 2.68. The molecule has 0 aliphatic heterocycles. The standard InChI is InChI=1S/C13H21N5O/c1-4-11(5-2)17(6-7-19)12-8-10(3)16-13-14-9-15-18(12)13/h8-9,11,19H,4-7H2,1-3H3. The van der Waals surface area contributed by atoms with Crippen molar-refractivity contribution < 1.29 is 5.11 Å². The molecule has 0 fully saturated rings. The van der Waals surface area contributed by atoms with Gasteiger partial charge >= 0.3 is 0 Å². The summed E-state index contributed by atoms with van der Waals surface area (Å²) in [5.41, 5.74) is 0.907. The number of fused-ring (bicyclic) bond motifs is 1. The van der Waals surface area contributed by atoms with Gasteiger partial charge in [-0.25, -0.2) is 4.98 Å². The zero-order chi connectivity index (χ0) is 13.8. The predicted molar refractivity (Wildman–Crippen MR) is 74.3 cm³/mol. The molecule has 0 saturated carbocycles. The molecule has 2 heterocycles. The summed E-state index contributed by atoms with van der Waals surface area (Å²) in [6, 6.07) is 2.37. The largest absolute Gasteiger partial charge is 0.395 e. The van der Waals surface area contributed by atoms with Gasteiger partial charge in [0.05, 0.1) is 6.61 Å². The second kappa shape index (κ2) is 5.97. The van der Waals surface area contributed by atoms with Crippen LogP contribution in [-0.2, 0) is 0 Å². The molecule has 0 aromatic carbocycles. The second-order valence-electron chi connectivity index (χ2n) is 4.61. The molecule has 0 bridgehead atoms. The molecule has 0 atom stereocenters. The van der Waals surface area contributed by atoms with E-state index in [0.717, 1.165) is 24.4 Å². The minimum absolute atomic E-state index is 0.119. The van der Waals surface area contributed by atoms with Crippen molar-refractivity contribution in [2.75, 3.05) is 18.1 Å². The highest BCUT2D eigenvalue weighted by atomic mass is 16.3. The normalized spacial score (nSPS) is 11.4. The van der Waals surface area contributed by atoms with E-state index in [-0.39, 0.29) is 6.61 Å². The molecule has 0 aliphatic rings. The third-order valence-electron chi connectivity index (χ3n) is 3.38. The van der Waals surface area contributed by atoms with Gasteiger partial charge in [-0.15, -0.1) is 0 Å². The lowest BCUT2D eigenvalue weighted by Crippen LogP contribution is -2.38. The van der Waals surface area contributed by atoms with E-state index in [1.807, 2.05) is 13.0 Å². The van der Waals surface area contributed by atoms with Gasteiger partial charge in [-0.3, -0.25) is 0 Å². The second-order valence-corrected chi connectivity index (χ2v) is 4.61. The lowest BCUT2D eigenvalue weighted by atomic mass is 10.1. The number of aryl methyl sites for hydroxylation is 1. The Kier molecular flexibility index (Phi) is 4.31. The minimum Gasteiger partial charge on any atom is -0.395 e. The zero-order valence-corrected chi connectivity index (χ0v) is 11.7. The van der Waals surface area contributed by atoms with Crippen LogP contribution in [-0.4, -0.2) is 43.9 Å². The first-order valence-electron chi connectivity index (χ1n) is 6.76. The van der Waals surface area contributed by atoms with Crippen LogP contribution in [0, 0.1) is 6.92 Å². The van der Waals surface area contributed by atoms with Crippen molar-refractivity contribution >= 4 is 11.6 Å². The van der Waals surface area contributed by atoms with Gasteiger partial charge in [0, 0.05) is 24.3 Å². The molecule has 104 valence electrons. The molecule has 0 aliphatic carbocycles. The smallest absolute Gasteiger partial charge is 0.254 e. The number of aromatic nitrogens is 4. The first kappa shape index (κ1) is 13.7. The molecule has 2 aromatic rings. The maximum atomic E-state index is 9.33. The molecule has 1 N–H and O–H groups in total. The van der Waals surface area contributed by atoms with E-state index in [1.54, 1.807) is 4.52 Å². The van der Waals surface area contributed by atoms with E-state index in [0.29, 0.717) is 18.4 Å². The lowest BCUT2D eigenvalue weighted by molar-refractivity contribution is 0.295. The molecule has 0 amide bonds. The van der Waals surface area contributed by atoms with Gasteiger partial charge in [0.1, 0.15) is 12.1 Å². The van der Waals surface area contributed by atoms with Crippen LogP contribution >= 0.6 is 0 Å². The summed E-state index contributed by atoms with van der Waals surface area (Å²) in [4.78, 5) is 10.7. The predicted octanol–water partition coefficient (Wildman–Crippen LogP) is 1.42. The van der Waals surface area contributed by atoms with E-state index in [4.69, 9.17) is 0 Å². The Morgan fingerprint density at radius 3 is 2.74 bits per heavy atom. The highest BCUT2D eigenvalue weighted by Gasteiger charge is 2.19. The fourth-order valence-electron chi connectivity index (χ4n) is 2.44. The Morgan fingerprint density at radius 1 is 1.37 bits per heavy atom. The molecule has 6 heteroatoms. The molecule has 6 nitrogen and oxygen atoms in total. The first-order chi connectivity index (χ1) is 9.21. The van der Waals surface area contributed by atoms with Crippen molar-refractivity contribution in [3.63, 3.8) is 0 Å². The van der Waals surface area contributed by atoms with Crippen LogP contribution in [0.5, 0.6) is 0 Å². The van der Waals surface area contributed by atoms with Crippen molar-refractivity contribution in [3.8, 4) is 0 Å². The van der Waals surface area contributed by atoms with E-state index >= 15 is 0 Å². The van der Waals surface area contributed by atoms with Crippen LogP contribution in [0.1, 0.15) is 32.4 Å². The average molecular weight is 263 g/mol. The molecule has 0 spiro atoms. The Hall–Kier alpha value is -1.69. The van der Waals surface area contributed by atoms with Crippen LogP contribution in [0.2, 0.25) is 0 Å². The van der Waals surface area contributed by atoms with E-state index in [1.165, 1.54) is 6.33 Å². The fraction of sp³-hybridized carbons (Fsp3) is 0.615. The van der Waals surface area contributed by atoms with Crippen molar-refractivity contribution in [1.82, 2.24) is 19.6 Å². The highest BCUT2D eigenvalue weighted by Crippen LogP contribution is 2.21. The number of rotatable bonds is 6. The van der Waals surface area contributed by atoms with Crippen molar-refractivity contribution in [2.45, 2.75) is 39.7 Å². The molecule has 0 radical (unpaired) electrons. The summed E-state index contributed by atoms with van der Waals surface area (Å²) in [5.74, 6) is 1.55. The Morgan fingerprint density at radius 2 is 2.11 bits per heavy atom. The lowest BCUT2D eigenvalue weighted by Gasteiger charge is -2.32. The summed E-state index contributed by atoms with van der Waals surface area (Å²) in [7, 11) is 0. The van der Waals surface area contributed by atoms with Crippen molar-refractivity contribution in [1.29, 1.82) is 0 Å².